The van der Waals surface area contributed by atoms with Gasteiger partial charge in [0.15, 0.2) is 11.5 Å². The Morgan fingerprint density at radius 2 is 2.00 bits per heavy atom. The van der Waals surface area contributed by atoms with E-state index >= 15 is 0 Å². The number of nitrogens with one attached hydrogen (secondary N) is 1. The van der Waals surface area contributed by atoms with E-state index in [1.165, 1.54) is 5.69 Å². The first kappa shape index (κ1) is 19.1. The van der Waals surface area contributed by atoms with Crippen LogP contribution in [-0.4, -0.2) is 62.3 Å². The molecule has 1 amide bonds. The number of carbonyl (C=O) groups is 1. The van der Waals surface area contributed by atoms with Crippen LogP contribution >= 0.6 is 0 Å². The lowest BCUT2D eigenvalue weighted by Gasteiger charge is -2.36. The average molecular weight is 396 g/mol. The number of aromatic nitrogens is 1. The van der Waals surface area contributed by atoms with Crippen LogP contribution in [0, 0.1) is 0 Å². The van der Waals surface area contributed by atoms with Crippen LogP contribution < -0.4 is 15.0 Å². The Balaban J connectivity index is 1.21. The van der Waals surface area contributed by atoms with E-state index < -0.39 is 0 Å². The van der Waals surface area contributed by atoms with Crippen molar-refractivity contribution in [2.24, 2.45) is 0 Å². The first-order chi connectivity index (χ1) is 14.2. The monoisotopic (exact) mass is 396 g/mol. The highest BCUT2D eigenvalue weighted by atomic mass is 16.5. The van der Waals surface area contributed by atoms with Gasteiger partial charge in [-0.05, 0) is 24.3 Å². The fraction of sp³-hybridized carbons (Fsp3) is 0.333. The van der Waals surface area contributed by atoms with Crippen molar-refractivity contribution in [3.05, 3.63) is 54.4 Å². The van der Waals surface area contributed by atoms with E-state index in [1.807, 2.05) is 12.1 Å². The fourth-order valence-electron chi connectivity index (χ4n) is 3.37. The van der Waals surface area contributed by atoms with Gasteiger partial charge in [-0.25, -0.2) is 0 Å². The van der Waals surface area contributed by atoms with E-state index in [4.69, 9.17) is 13.7 Å². The first-order valence-electron chi connectivity index (χ1n) is 9.63. The van der Waals surface area contributed by atoms with E-state index in [1.54, 1.807) is 31.6 Å². The number of rotatable bonds is 7. The number of piperazine rings is 1. The van der Waals surface area contributed by atoms with Crippen LogP contribution in [0.3, 0.4) is 0 Å². The van der Waals surface area contributed by atoms with E-state index in [-0.39, 0.29) is 11.6 Å². The lowest BCUT2D eigenvalue weighted by Crippen LogP contribution is -2.48. The molecule has 1 aromatic carbocycles. The standard InChI is InChI=1S/C21H24N4O4/c1-27-17-5-2-4-16(14-17)25-11-9-24(10-12-25)8-7-22-21(26)18-15-20(29-23-18)19-6-3-13-28-19/h2-6,13-15H,7-12H2,1H3,(H,22,26). The van der Waals surface area contributed by atoms with Crippen LogP contribution in [0.2, 0.25) is 0 Å². The molecule has 0 radical (unpaired) electrons. The number of anilines is 1. The summed E-state index contributed by atoms with van der Waals surface area (Å²) in [6, 6.07) is 13.2. The number of hydrogen-bond acceptors (Lipinski definition) is 7. The van der Waals surface area contributed by atoms with Crippen LogP contribution in [0.15, 0.2) is 57.7 Å². The van der Waals surface area contributed by atoms with Crippen LogP contribution in [-0.2, 0) is 0 Å². The van der Waals surface area contributed by atoms with Gasteiger partial charge < -0.3 is 23.9 Å². The molecule has 3 aromatic rings. The normalized spacial score (nSPS) is 14.7. The maximum absolute atomic E-state index is 12.3. The average Bonchev–Trinajstić information content (AvgIpc) is 3.46. The van der Waals surface area contributed by atoms with Crippen LogP contribution in [0.5, 0.6) is 5.75 Å². The third kappa shape index (κ3) is 4.60. The molecule has 1 aliphatic rings. The quantitative estimate of drug-likeness (QED) is 0.657. The van der Waals surface area contributed by atoms with Crippen LogP contribution in [0.4, 0.5) is 5.69 Å². The van der Waals surface area contributed by atoms with Crippen molar-refractivity contribution in [1.82, 2.24) is 15.4 Å². The van der Waals surface area contributed by atoms with Gasteiger partial charge in [-0.2, -0.15) is 0 Å². The molecule has 0 saturated carbocycles. The van der Waals surface area contributed by atoms with Crippen molar-refractivity contribution >= 4 is 11.6 Å². The largest absolute Gasteiger partial charge is 0.497 e. The molecule has 29 heavy (non-hydrogen) atoms. The van der Waals surface area contributed by atoms with E-state index in [0.29, 0.717) is 18.1 Å². The summed E-state index contributed by atoms with van der Waals surface area (Å²) in [7, 11) is 1.68. The summed E-state index contributed by atoms with van der Waals surface area (Å²) in [6.45, 7) is 5.12. The van der Waals surface area contributed by atoms with Crippen LogP contribution in [0.1, 0.15) is 10.5 Å². The molecule has 2 aromatic heterocycles. The van der Waals surface area contributed by atoms with Gasteiger partial charge in [-0.3, -0.25) is 9.69 Å². The lowest BCUT2D eigenvalue weighted by atomic mass is 10.2. The second-order valence-corrected chi connectivity index (χ2v) is 6.84. The minimum absolute atomic E-state index is 0.249. The highest BCUT2D eigenvalue weighted by Gasteiger charge is 2.18. The Hall–Kier alpha value is -3.26. The topological polar surface area (TPSA) is 84.0 Å². The number of furan rings is 1. The molecule has 152 valence electrons. The van der Waals surface area contributed by atoms with Crippen molar-refractivity contribution in [2.75, 3.05) is 51.3 Å². The van der Waals surface area contributed by atoms with Gasteiger partial charge in [-0.1, -0.05) is 11.2 Å². The Bertz CT molecular complexity index is 930. The Labute approximate surface area is 169 Å². The summed E-state index contributed by atoms with van der Waals surface area (Å²) >= 11 is 0. The Kier molecular flexibility index (Phi) is 5.81. The van der Waals surface area contributed by atoms with Gasteiger partial charge in [0.05, 0.1) is 13.4 Å². The Morgan fingerprint density at radius 3 is 2.76 bits per heavy atom. The molecule has 1 N–H and O–H groups in total. The van der Waals surface area contributed by atoms with Gasteiger partial charge in [0.2, 0.25) is 5.76 Å². The number of methoxy groups -OCH3 is 1. The summed E-state index contributed by atoms with van der Waals surface area (Å²) in [5.41, 5.74) is 1.43. The zero-order chi connectivity index (χ0) is 20.1. The van der Waals surface area contributed by atoms with Gasteiger partial charge in [0.1, 0.15) is 5.75 Å². The van der Waals surface area contributed by atoms with Crippen molar-refractivity contribution < 1.29 is 18.5 Å². The predicted molar refractivity (Wildman–Crippen MR) is 108 cm³/mol. The number of ether oxygens (including phenoxy) is 1. The molecule has 0 bridgehead atoms. The molecule has 8 nitrogen and oxygen atoms in total. The van der Waals surface area contributed by atoms with E-state index in [0.717, 1.165) is 38.5 Å². The van der Waals surface area contributed by atoms with Gasteiger partial charge >= 0.3 is 0 Å². The van der Waals surface area contributed by atoms with E-state index in [2.05, 4.69) is 32.4 Å². The molecule has 0 spiro atoms. The number of benzene rings is 1. The summed E-state index contributed by atoms with van der Waals surface area (Å²) in [4.78, 5) is 17.0. The smallest absolute Gasteiger partial charge is 0.273 e. The van der Waals surface area contributed by atoms with Crippen molar-refractivity contribution in [3.8, 4) is 17.3 Å². The number of hydrogen-bond donors (Lipinski definition) is 1. The predicted octanol–water partition coefficient (Wildman–Crippen LogP) is 2.50. The highest BCUT2D eigenvalue weighted by Crippen LogP contribution is 2.22. The molecule has 8 heteroatoms. The summed E-state index contributed by atoms with van der Waals surface area (Å²) in [5.74, 6) is 1.61. The maximum atomic E-state index is 12.3. The molecule has 1 fully saturated rings. The van der Waals surface area contributed by atoms with Crippen LogP contribution in [0.25, 0.3) is 11.5 Å². The SMILES string of the molecule is COc1cccc(N2CCN(CCNC(=O)c3cc(-c4ccco4)on3)CC2)c1. The zero-order valence-corrected chi connectivity index (χ0v) is 16.3. The zero-order valence-electron chi connectivity index (χ0n) is 16.3. The van der Waals surface area contributed by atoms with Gasteiger partial charge in [0.25, 0.3) is 5.91 Å². The molecule has 0 aliphatic carbocycles. The molecule has 0 unspecified atom stereocenters. The Morgan fingerprint density at radius 1 is 1.14 bits per heavy atom. The molecule has 1 saturated heterocycles. The minimum Gasteiger partial charge on any atom is -0.497 e. The summed E-state index contributed by atoms with van der Waals surface area (Å²) in [6.07, 6.45) is 1.55. The number of carbonyl (C=O) groups excluding carboxylic acids is 1. The second-order valence-electron chi connectivity index (χ2n) is 6.84. The fourth-order valence-corrected chi connectivity index (χ4v) is 3.37. The first-order valence-corrected chi connectivity index (χ1v) is 9.63. The molecule has 1 aliphatic heterocycles. The minimum atomic E-state index is -0.249. The summed E-state index contributed by atoms with van der Waals surface area (Å²) in [5, 5.41) is 6.72. The number of amides is 1. The third-order valence-electron chi connectivity index (χ3n) is 5.01. The third-order valence-corrected chi connectivity index (χ3v) is 5.01. The van der Waals surface area contributed by atoms with Crippen molar-refractivity contribution in [1.29, 1.82) is 0 Å². The number of nitrogens with zero attached hydrogens (tertiary/aromatic N) is 3. The van der Waals surface area contributed by atoms with Gasteiger partial charge in [0, 0.05) is 57.1 Å². The maximum Gasteiger partial charge on any atom is 0.273 e. The van der Waals surface area contributed by atoms with E-state index in [9.17, 15) is 4.79 Å². The molecule has 3 heterocycles. The molecular formula is C21H24N4O4. The molecule has 4 rings (SSSR count). The molecular weight excluding hydrogens is 372 g/mol. The lowest BCUT2D eigenvalue weighted by molar-refractivity contribution is 0.0939. The molecule has 0 atom stereocenters. The highest BCUT2D eigenvalue weighted by molar-refractivity contribution is 5.92. The van der Waals surface area contributed by atoms with Crippen molar-refractivity contribution in [2.45, 2.75) is 0 Å². The van der Waals surface area contributed by atoms with Gasteiger partial charge in [-0.15, -0.1) is 0 Å². The summed E-state index contributed by atoms with van der Waals surface area (Å²) < 4.78 is 15.7. The second kappa shape index (κ2) is 8.83. The van der Waals surface area contributed by atoms with Crippen molar-refractivity contribution in [3.63, 3.8) is 0 Å².